The Morgan fingerprint density at radius 2 is 2.33 bits per heavy atom. The molecule has 1 aromatic heterocycles. The summed E-state index contributed by atoms with van der Waals surface area (Å²) in [7, 11) is 1.76. The Hall–Kier alpha value is -1.38. The smallest absolute Gasteiger partial charge is 0.155 e. The summed E-state index contributed by atoms with van der Waals surface area (Å²) in [6.45, 7) is 4.07. The molecule has 1 rings (SSSR count). The molecule has 0 bridgehead atoms. The van der Waals surface area contributed by atoms with Crippen LogP contribution in [-0.4, -0.2) is 22.7 Å². The Bertz CT molecular complexity index is 290. The van der Waals surface area contributed by atoms with E-state index in [0.29, 0.717) is 0 Å². The first-order valence-corrected chi connectivity index (χ1v) is 3.85. The number of aliphatic imine (C=N–C) groups is 1. The molecule has 0 fully saturated rings. The zero-order valence-corrected chi connectivity index (χ0v) is 7.63. The fourth-order valence-electron chi connectivity index (χ4n) is 0.918. The first-order chi connectivity index (χ1) is 5.74. The van der Waals surface area contributed by atoms with E-state index in [4.69, 9.17) is 0 Å². The minimum absolute atomic E-state index is 0.818. The number of nitrogens with one attached hydrogen (secondary N) is 1. The van der Waals surface area contributed by atoms with Gasteiger partial charge >= 0.3 is 0 Å². The lowest BCUT2D eigenvalue weighted by molar-refractivity contribution is 1.24. The van der Waals surface area contributed by atoms with Crippen LogP contribution in [0.15, 0.2) is 29.0 Å². The van der Waals surface area contributed by atoms with E-state index in [2.05, 4.69) is 15.0 Å². The van der Waals surface area contributed by atoms with Crippen molar-refractivity contribution in [2.24, 2.45) is 4.99 Å². The number of aromatic amines is 1. The monoisotopic (exact) mass is 163 g/mol. The number of nitrogens with zero attached hydrogens (tertiary/aromatic N) is 2. The molecule has 0 saturated carbocycles. The van der Waals surface area contributed by atoms with Crippen molar-refractivity contribution in [3.05, 3.63) is 29.9 Å². The SMILES string of the molecule is CN=C(C=C(C)C)c1ncc[nH]1. The largest absolute Gasteiger partial charge is 0.343 e. The maximum atomic E-state index is 4.12. The highest BCUT2D eigenvalue weighted by Gasteiger charge is 1.99. The molecule has 0 radical (unpaired) electrons. The van der Waals surface area contributed by atoms with Crippen molar-refractivity contribution in [2.75, 3.05) is 7.05 Å². The van der Waals surface area contributed by atoms with Gasteiger partial charge in [-0.15, -0.1) is 0 Å². The summed E-state index contributed by atoms with van der Waals surface area (Å²) in [5.74, 6) is 0.818. The predicted octanol–water partition coefficient (Wildman–Crippen LogP) is 1.79. The van der Waals surface area contributed by atoms with Crippen LogP contribution in [0.4, 0.5) is 0 Å². The summed E-state index contributed by atoms with van der Waals surface area (Å²) in [5, 5.41) is 0. The third-order valence-electron chi connectivity index (χ3n) is 1.41. The second-order valence-electron chi connectivity index (χ2n) is 2.77. The Kier molecular flexibility index (Phi) is 2.80. The quantitative estimate of drug-likeness (QED) is 0.663. The van der Waals surface area contributed by atoms with Crippen LogP contribution in [0, 0.1) is 0 Å². The Balaban J connectivity index is 2.93. The Labute approximate surface area is 72.3 Å². The summed E-state index contributed by atoms with van der Waals surface area (Å²) in [4.78, 5) is 11.2. The van der Waals surface area contributed by atoms with Crippen molar-refractivity contribution >= 4 is 5.71 Å². The molecule has 3 nitrogen and oxygen atoms in total. The molecule has 0 atom stereocenters. The third-order valence-corrected chi connectivity index (χ3v) is 1.41. The van der Waals surface area contributed by atoms with Gasteiger partial charge < -0.3 is 4.98 Å². The molecular weight excluding hydrogens is 150 g/mol. The molecule has 0 aliphatic rings. The molecule has 0 spiro atoms. The molecule has 0 aliphatic carbocycles. The fourth-order valence-corrected chi connectivity index (χ4v) is 0.918. The first kappa shape index (κ1) is 8.71. The van der Waals surface area contributed by atoms with Crippen LogP contribution < -0.4 is 0 Å². The normalized spacial score (nSPS) is 11.4. The lowest BCUT2D eigenvalue weighted by atomic mass is 10.2. The van der Waals surface area contributed by atoms with Crippen LogP contribution in [0.3, 0.4) is 0 Å². The van der Waals surface area contributed by atoms with Gasteiger partial charge in [-0.25, -0.2) is 4.98 Å². The molecule has 0 saturated heterocycles. The third kappa shape index (κ3) is 2.05. The number of hydrogen-bond acceptors (Lipinski definition) is 2. The zero-order chi connectivity index (χ0) is 8.97. The molecule has 64 valence electrons. The standard InChI is InChI=1S/C9H13N3/c1-7(2)6-8(10-3)9-11-4-5-12-9/h4-6H,1-3H3,(H,11,12). The lowest BCUT2D eigenvalue weighted by Gasteiger charge is -1.95. The van der Waals surface area contributed by atoms with Gasteiger partial charge in [0.1, 0.15) is 0 Å². The molecule has 1 heterocycles. The van der Waals surface area contributed by atoms with Crippen LogP contribution in [0.5, 0.6) is 0 Å². The van der Waals surface area contributed by atoms with Gasteiger partial charge in [-0.2, -0.15) is 0 Å². The number of allylic oxidation sites excluding steroid dienone is 2. The number of hydrogen-bond donors (Lipinski definition) is 1. The molecule has 1 aromatic rings. The van der Waals surface area contributed by atoms with E-state index in [9.17, 15) is 0 Å². The van der Waals surface area contributed by atoms with Crippen LogP contribution in [0.25, 0.3) is 0 Å². The lowest BCUT2D eigenvalue weighted by Crippen LogP contribution is -1.99. The number of aromatic nitrogens is 2. The van der Waals surface area contributed by atoms with Crippen LogP contribution in [-0.2, 0) is 0 Å². The summed E-state index contributed by atoms with van der Waals surface area (Å²) < 4.78 is 0. The maximum absolute atomic E-state index is 4.12. The molecule has 12 heavy (non-hydrogen) atoms. The average Bonchev–Trinajstić information content (AvgIpc) is 2.51. The summed E-state index contributed by atoms with van der Waals surface area (Å²) in [5.41, 5.74) is 2.10. The van der Waals surface area contributed by atoms with Gasteiger partial charge in [0.15, 0.2) is 5.82 Å². The van der Waals surface area contributed by atoms with Gasteiger partial charge in [0.25, 0.3) is 0 Å². The van der Waals surface area contributed by atoms with Gasteiger partial charge in [0, 0.05) is 19.4 Å². The van der Waals surface area contributed by atoms with Gasteiger partial charge in [-0.3, -0.25) is 4.99 Å². The summed E-state index contributed by atoms with van der Waals surface area (Å²) in [6.07, 6.45) is 5.51. The fraction of sp³-hybridized carbons (Fsp3) is 0.333. The van der Waals surface area contributed by atoms with Crippen molar-refractivity contribution in [1.82, 2.24) is 9.97 Å². The van der Waals surface area contributed by atoms with E-state index >= 15 is 0 Å². The van der Waals surface area contributed by atoms with Crippen LogP contribution in [0.2, 0.25) is 0 Å². The zero-order valence-electron chi connectivity index (χ0n) is 7.63. The minimum Gasteiger partial charge on any atom is -0.343 e. The van der Waals surface area contributed by atoms with Crippen LogP contribution in [0.1, 0.15) is 19.7 Å². The molecule has 0 aromatic carbocycles. The number of H-pyrrole nitrogens is 1. The van der Waals surface area contributed by atoms with Gasteiger partial charge in [0.2, 0.25) is 0 Å². The van der Waals surface area contributed by atoms with E-state index in [1.807, 2.05) is 19.9 Å². The summed E-state index contributed by atoms with van der Waals surface area (Å²) in [6, 6.07) is 0. The molecule has 0 aliphatic heterocycles. The first-order valence-electron chi connectivity index (χ1n) is 3.85. The average molecular weight is 163 g/mol. The van der Waals surface area contributed by atoms with Crippen molar-refractivity contribution in [1.29, 1.82) is 0 Å². The van der Waals surface area contributed by atoms with Crippen molar-refractivity contribution < 1.29 is 0 Å². The molecular formula is C9H13N3. The molecule has 1 N–H and O–H groups in total. The number of imidazole rings is 1. The Morgan fingerprint density at radius 1 is 1.58 bits per heavy atom. The Morgan fingerprint density at radius 3 is 2.75 bits per heavy atom. The highest BCUT2D eigenvalue weighted by atomic mass is 14.9. The highest BCUT2D eigenvalue weighted by molar-refractivity contribution is 6.06. The molecule has 0 unspecified atom stereocenters. The van der Waals surface area contributed by atoms with E-state index in [0.717, 1.165) is 11.5 Å². The van der Waals surface area contributed by atoms with E-state index < -0.39 is 0 Å². The second kappa shape index (κ2) is 3.85. The topological polar surface area (TPSA) is 41.0 Å². The highest BCUT2D eigenvalue weighted by Crippen LogP contribution is 1.98. The van der Waals surface area contributed by atoms with Gasteiger partial charge in [-0.05, 0) is 19.9 Å². The second-order valence-corrected chi connectivity index (χ2v) is 2.77. The van der Waals surface area contributed by atoms with Crippen molar-refractivity contribution in [3.8, 4) is 0 Å². The number of rotatable bonds is 2. The van der Waals surface area contributed by atoms with E-state index in [-0.39, 0.29) is 0 Å². The molecule has 3 heteroatoms. The maximum Gasteiger partial charge on any atom is 0.155 e. The van der Waals surface area contributed by atoms with Gasteiger partial charge in [-0.1, -0.05) is 5.57 Å². The van der Waals surface area contributed by atoms with Crippen molar-refractivity contribution in [2.45, 2.75) is 13.8 Å². The van der Waals surface area contributed by atoms with E-state index in [1.165, 1.54) is 5.57 Å². The van der Waals surface area contributed by atoms with Crippen LogP contribution >= 0.6 is 0 Å². The van der Waals surface area contributed by atoms with Gasteiger partial charge in [0.05, 0.1) is 5.71 Å². The van der Waals surface area contributed by atoms with Crippen molar-refractivity contribution in [3.63, 3.8) is 0 Å². The molecule has 0 amide bonds. The summed E-state index contributed by atoms with van der Waals surface area (Å²) >= 11 is 0. The van der Waals surface area contributed by atoms with E-state index in [1.54, 1.807) is 19.4 Å². The predicted molar refractivity (Wildman–Crippen MR) is 50.5 cm³/mol. The minimum atomic E-state index is 0.818.